The fourth-order valence-electron chi connectivity index (χ4n) is 5.94. The van der Waals surface area contributed by atoms with Gasteiger partial charge in [-0.1, -0.05) is 0 Å². The molecule has 0 aromatic carbocycles. The first-order chi connectivity index (χ1) is 13.5. The van der Waals surface area contributed by atoms with Crippen molar-refractivity contribution in [3.05, 3.63) is 0 Å². The normalized spacial score (nSPS) is 31.1. The Morgan fingerprint density at radius 3 is 2.10 bits per heavy atom. The first-order valence-electron chi connectivity index (χ1n) is 11.0. The van der Waals surface area contributed by atoms with E-state index < -0.39 is 17.7 Å². The smallest absolute Gasteiger partial charge is 0.407 e. The van der Waals surface area contributed by atoms with E-state index in [2.05, 4.69) is 17.6 Å². The zero-order valence-electron chi connectivity index (χ0n) is 18.2. The molecule has 4 fully saturated rings. The van der Waals surface area contributed by atoms with Crippen LogP contribution >= 0.6 is 0 Å². The predicted molar refractivity (Wildman–Crippen MR) is 108 cm³/mol. The maximum absolute atomic E-state index is 12.3. The molecule has 4 saturated carbocycles. The Balaban J connectivity index is 1.34. The van der Waals surface area contributed by atoms with E-state index in [1.165, 1.54) is 38.5 Å². The summed E-state index contributed by atoms with van der Waals surface area (Å²) in [6, 6.07) is 0.107. The van der Waals surface area contributed by atoms with Crippen molar-refractivity contribution in [1.82, 2.24) is 10.6 Å². The number of carbonyl (C=O) groups excluding carboxylic acids is 3. The standard InChI is InChI=1S/C22H36N2O5/c1-14(22-10-15-7-16(11-22)9-17(8-15)12-22)24-18(25)13-28-19(26)5-6-23-20(27)29-21(2,3)4/h14-17H,5-13H2,1-4H3,(H,23,27)(H,24,25)/t14-,15?,16?,17?,22?/m0/s1. The molecule has 0 aliphatic heterocycles. The number of hydrogen-bond donors (Lipinski definition) is 2. The van der Waals surface area contributed by atoms with Crippen LogP contribution in [0.3, 0.4) is 0 Å². The SMILES string of the molecule is C[C@H](NC(=O)COC(=O)CCNC(=O)OC(C)(C)C)C12CC3CC(CC(C3)C1)C2. The van der Waals surface area contributed by atoms with Crippen LogP contribution in [0, 0.1) is 23.2 Å². The molecular weight excluding hydrogens is 372 g/mol. The Bertz CT molecular complexity index is 604. The number of hydrogen-bond acceptors (Lipinski definition) is 5. The molecule has 0 heterocycles. The van der Waals surface area contributed by atoms with E-state index in [-0.39, 0.29) is 36.9 Å². The molecule has 4 bridgehead atoms. The van der Waals surface area contributed by atoms with Crippen molar-refractivity contribution in [2.75, 3.05) is 13.2 Å². The first-order valence-corrected chi connectivity index (χ1v) is 11.0. The van der Waals surface area contributed by atoms with Crippen LogP contribution in [0.15, 0.2) is 0 Å². The highest BCUT2D eigenvalue weighted by Gasteiger charge is 2.53. The van der Waals surface area contributed by atoms with Crippen LogP contribution in [0.25, 0.3) is 0 Å². The van der Waals surface area contributed by atoms with Crippen LogP contribution in [0.1, 0.15) is 72.6 Å². The highest BCUT2D eigenvalue weighted by Crippen LogP contribution is 2.61. The zero-order valence-corrected chi connectivity index (χ0v) is 18.2. The van der Waals surface area contributed by atoms with Gasteiger partial charge in [0.05, 0.1) is 6.42 Å². The van der Waals surface area contributed by atoms with Crippen molar-refractivity contribution in [2.45, 2.75) is 84.3 Å². The number of rotatable bonds is 7. The van der Waals surface area contributed by atoms with Crippen LogP contribution in [-0.4, -0.2) is 42.8 Å². The molecule has 1 atom stereocenters. The molecular formula is C22H36N2O5. The molecule has 0 aromatic rings. The van der Waals surface area contributed by atoms with E-state index in [1.54, 1.807) is 20.8 Å². The van der Waals surface area contributed by atoms with E-state index in [4.69, 9.17) is 9.47 Å². The summed E-state index contributed by atoms with van der Waals surface area (Å²) >= 11 is 0. The van der Waals surface area contributed by atoms with Crippen molar-refractivity contribution >= 4 is 18.0 Å². The van der Waals surface area contributed by atoms with Gasteiger partial charge in [-0.15, -0.1) is 0 Å². The lowest BCUT2D eigenvalue weighted by atomic mass is 9.48. The molecule has 0 radical (unpaired) electrons. The minimum atomic E-state index is -0.587. The average Bonchev–Trinajstić information content (AvgIpc) is 2.57. The second-order valence-electron chi connectivity index (χ2n) is 10.4. The van der Waals surface area contributed by atoms with Crippen molar-refractivity contribution in [1.29, 1.82) is 0 Å². The second kappa shape index (κ2) is 8.52. The topological polar surface area (TPSA) is 93.7 Å². The fraction of sp³-hybridized carbons (Fsp3) is 0.864. The molecule has 29 heavy (non-hydrogen) atoms. The number of amides is 2. The number of nitrogens with one attached hydrogen (secondary N) is 2. The molecule has 7 heteroatoms. The highest BCUT2D eigenvalue weighted by atomic mass is 16.6. The van der Waals surface area contributed by atoms with Crippen molar-refractivity contribution in [2.24, 2.45) is 23.2 Å². The number of esters is 1. The second-order valence-corrected chi connectivity index (χ2v) is 10.4. The number of ether oxygens (including phenoxy) is 2. The quantitative estimate of drug-likeness (QED) is 0.631. The first kappa shape index (κ1) is 21.9. The third kappa shape index (κ3) is 5.86. The van der Waals surface area contributed by atoms with E-state index in [0.29, 0.717) is 0 Å². The largest absolute Gasteiger partial charge is 0.456 e. The van der Waals surface area contributed by atoms with Gasteiger partial charge in [0.2, 0.25) is 0 Å². The van der Waals surface area contributed by atoms with Gasteiger partial charge in [-0.2, -0.15) is 0 Å². The third-order valence-electron chi connectivity index (χ3n) is 6.74. The van der Waals surface area contributed by atoms with E-state index in [1.807, 2.05) is 0 Å². The number of carbonyl (C=O) groups is 3. The van der Waals surface area contributed by atoms with Crippen LogP contribution in [-0.2, 0) is 19.1 Å². The average molecular weight is 409 g/mol. The van der Waals surface area contributed by atoms with Gasteiger partial charge in [0.25, 0.3) is 5.91 Å². The molecule has 4 aliphatic carbocycles. The lowest BCUT2D eigenvalue weighted by Crippen LogP contribution is -2.56. The molecule has 2 N–H and O–H groups in total. The Labute approximate surface area is 173 Å². The van der Waals surface area contributed by atoms with Crippen molar-refractivity contribution in [3.8, 4) is 0 Å². The minimum Gasteiger partial charge on any atom is -0.456 e. The highest BCUT2D eigenvalue weighted by molar-refractivity contribution is 5.81. The number of alkyl carbamates (subject to hydrolysis) is 1. The van der Waals surface area contributed by atoms with Gasteiger partial charge >= 0.3 is 12.1 Å². The van der Waals surface area contributed by atoms with Gasteiger partial charge < -0.3 is 20.1 Å². The van der Waals surface area contributed by atoms with Gasteiger partial charge in [0, 0.05) is 12.6 Å². The summed E-state index contributed by atoms with van der Waals surface area (Å²) in [5.74, 6) is 1.73. The van der Waals surface area contributed by atoms with Crippen LogP contribution in [0.2, 0.25) is 0 Å². The van der Waals surface area contributed by atoms with Crippen molar-refractivity contribution < 1.29 is 23.9 Å². The molecule has 0 spiro atoms. The lowest BCUT2D eigenvalue weighted by molar-refractivity contribution is -0.149. The van der Waals surface area contributed by atoms with E-state index >= 15 is 0 Å². The molecule has 0 unspecified atom stereocenters. The molecule has 7 nitrogen and oxygen atoms in total. The van der Waals surface area contributed by atoms with E-state index in [9.17, 15) is 14.4 Å². The Morgan fingerprint density at radius 2 is 1.59 bits per heavy atom. The molecule has 164 valence electrons. The fourth-order valence-corrected chi connectivity index (χ4v) is 5.94. The minimum absolute atomic E-state index is 0.00292. The zero-order chi connectivity index (χ0) is 21.2. The Morgan fingerprint density at radius 1 is 1.03 bits per heavy atom. The van der Waals surface area contributed by atoms with Gasteiger partial charge in [0.15, 0.2) is 6.61 Å². The summed E-state index contributed by atoms with van der Waals surface area (Å²) in [6.45, 7) is 7.25. The maximum Gasteiger partial charge on any atom is 0.407 e. The molecule has 4 aliphatic rings. The molecule has 0 saturated heterocycles. The summed E-state index contributed by atoms with van der Waals surface area (Å²) in [5, 5.41) is 5.59. The van der Waals surface area contributed by atoms with Crippen LogP contribution in [0.5, 0.6) is 0 Å². The Kier molecular flexibility index (Phi) is 6.44. The third-order valence-corrected chi connectivity index (χ3v) is 6.74. The summed E-state index contributed by atoms with van der Waals surface area (Å²) in [5.41, 5.74) is -0.359. The molecule has 2 amide bonds. The monoisotopic (exact) mass is 408 g/mol. The summed E-state index contributed by atoms with van der Waals surface area (Å²) in [4.78, 5) is 35.7. The predicted octanol–water partition coefficient (Wildman–Crippen LogP) is 3.17. The Hall–Kier alpha value is -1.79. The lowest BCUT2D eigenvalue weighted by Gasteiger charge is -2.59. The van der Waals surface area contributed by atoms with Crippen LogP contribution in [0.4, 0.5) is 4.79 Å². The van der Waals surface area contributed by atoms with Gasteiger partial charge in [-0.05, 0) is 89.4 Å². The van der Waals surface area contributed by atoms with Gasteiger partial charge in [0.1, 0.15) is 5.60 Å². The maximum atomic E-state index is 12.3. The summed E-state index contributed by atoms with van der Waals surface area (Å²) in [7, 11) is 0. The van der Waals surface area contributed by atoms with Crippen molar-refractivity contribution in [3.63, 3.8) is 0 Å². The van der Waals surface area contributed by atoms with E-state index in [0.717, 1.165) is 17.8 Å². The van der Waals surface area contributed by atoms with Gasteiger partial charge in [-0.25, -0.2) is 4.79 Å². The molecule has 4 rings (SSSR count). The van der Waals surface area contributed by atoms with Gasteiger partial charge in [-0.3, -0.25) is 9.59 Å². The van der Waals surface area contributed by atoms with Crippen LogP contribution < -0.4 is 10.6 Å². The molecule has 0 aromatic heterocycles. The summed E-state index contributed by atoms with van der Waals surface area (Å²) < 4.78 is 10.2. The summed E-state index contributed by atoms with van der Waals surface area (Å²) in [6.07, 6.45) is 7.19.